The number of carbonyl (C=O) groups is 2. The summed E-state index contributed by atoms with van der Waals surface area (Å²) in [6.45, 7) is 4.51. The summed E-state index contributed by atoms with van der Waals surface area (Å²) >= 11 is 18.8. The molecular formula is C38H40Cl3F2N3O7. The van der Waals surface area contributed by atoms with Crippen LogP contribution >= 0.6 is 34.8 Å². The molecule has 0 bridgehead atoms. The average molecular weight is 795 g/mol. The van der Waals surface area contributed by atoms with Crippen LogP contribution in [0.2, 0.25) is 15.1 Å². The van der Waals surface area contributed by atoms with Gasteiger partial charge in [-0.1, -0.05) is 85.0 Å². The first-order chi connectivity index (χ1) is 25.3. The van der Waals surface area contributed by atoms with E-state index >= 15 is 0 Å². The van der Waals surface area contributed by atoms with E-state index in [0.29, 0.717) is 46.9 Å². The summed E-state index contributed by atoms with van der Waals surface area (Å²) < 4.78 is 38.9. The monoisotopic (exact) mass is 793 g/mol. The van der Waals surface area contributed by atoms with Gasteiger partial charge in [-0.2, -0.15) is 0 Å². The van der Waals surface area contributed by atoms with E-state index in [1.807, 2.05) is 44.2 Å². The molecule has 284 valence electrons. The minimum absolute atomic E-state index is 0.00143. The molecule has 2 amide bonds. The molecule has 3 aromatic rings. The summed E-state index contributed by atoms with van der Waals surface area (Å²) in [4.78, 5) is 46.1. The highest BCUT2D eigenvalue weighted by Gasteiger charge is 2.43. The summed E-state index contributed by atoms with van der Waals surface area (Å²) in [5.74, 6) is -2.03. The van der Waals surface area contributed by atoms with Crippen LogP contribution in [0.25, 0.3) is 5.57 Å². The molecule has 0 spiro atoms. The second-order valence-corrected chi connectivity index (χ2v) is 14.8. The Morgan fingerprint density at radius 3 is 2.34 bits per heavy atom. The number of halogens is 5. The van der Waals surface area contributed by atoms with Gasteiger partial charge in [0, 0.05) is 30.1 Å². The van der Waals surface area contributed by atoms with E-state index in [0.717, 1.165) is 41.7 Å². The molecule has 5 rings (SSSR count). The number of benzene rings is 3. The minimum atomic E-state index is -0.866. The van der Waals surface area contributed by atoms with Crippen molar-refractivity contribution < 1.29 is 37.8 Å². The Morgan fingerprint density at radius 2 is 1.64 bits per heavy atom. The molecule has 1 fully saturated rings. The maximum absolute atomic E-state index is 14.7. The number of unbranched alkanes of at least 4 members (excludes halogenated alkanes) is 1. The van der Waals surface area contributed by atoms with Crippen molar-refractivity contribution in [2.24, 2.45) is 5.41 Å². The highest BCUT2D eigenvalue weighted by molar-refractivity contribution is 6.42. The number of carbonyl (C=O) groups excluding carboxylic acids is 2. The van der Waals surface area contributed by atoms with Gasteiger partial charge in [0.2, 0.25) is 0 Å². The van der Waals surface area contributed by atoms with Crippen molar-refractivity contribution >= 4 is 52.4 Å². The summed E-state index contributed by atoms with van der Waals surface area (Å²) in [6.07, 6.45) is 2.86. The highest BCUT2D eigenvalue weighted by atomic mass is 35.5. The van der Waals surface area contributed by atoms with Gasteiger partial charge in [0.05, 0.1) is 36.4 Å². The minimum Gasteiger partial charge on any atom is -0.489 e. The standard InChI is InChI=1S/C38H40Cl3F2N3O7/c1-38(2)23-44(37(48)52-18-3-4-20-53-46(49)50)22-28(36(47)45(27-14-15-27)21-26-8-5-9-29(39)33(26)40)32(38)25-12-10-24(11-13-25)7-6-19-51-35-31(43)17-16-30(42)34(35)41/h5,8-13,16-17,27H,3-4,6-7,14-15,18-23H2,1-2H3. The molecule has 0 radical (unpaired) electrons. The summed E-state index contributed by atoms with van der Waals surface area (Å²) in [5, 5.41) is 9.91. The Bertz CT molecular complexity index is 1860. The molecule has 15 heteroatoms. The molecule has 0 unspecified atom stereocenters. The van der Waals surface area contributed by atoms with Gasteiger partial charge in [-0.05, 0) is 79.0 Å². The van der Waals surface area contributed by atoms with Gasteiger partial charge in [0.15, 0.2) is 11.6 Å². The topological polar surface area (TPSA) is 111 Å². The molecule has 0 saturated heterocycles. The van der Waals surface area contributed by atoms with E-state index in [1.54, 1.807) is 17.0 Å². The fourth-order valence-corrected chi connectivity index (χ4v) is 7.05. The fraction of sp³-hybridized carbons (Fsp3) is 0.421. The number of nitrogens with zero attached hydrogens (tertiary/aromatic N) is 3. The predicted octanol–water partition coefficient (Wildman–Crippen LogP) is 9.35. The second kappa shape index (κ2) is 17.8. The number of amides is 2. The van der Waals surface area contributed by atoms with Gasteiger partial charge in [-0.15, -0.1) is 10.1 Å². The SMILES string of the molecule is CC1(C)CN(C(=O)OCCCCO[N+](=O)[O-])CC(C(=O)N(Cc2cccc(Cl)c2Cl)C2CC2)=C1c1ccc(CCCOc2c(F)ccc(F)c2Cl)cc1. The molecule has 0 N–H and O–H groups in total. The van der Waals surface area contributed by atoms with Crippen LogP contribution in [-0.4, -0.2) is 65.8 Å². The van der Waals surface area contributed by atoms with Crippen molar-refractivity contribution in [3.8, 4) is 5.75 Å². The normalized spacial score (nSPS) is 15.3. The van der Waals surface area contributed by atoms with Crippen LogP contribution in [0.1, 0.15) is 62.6 Å². The molecule has 1 aliphatic carbocycles. The number of rotatable bonds is 16. The van der Waals surface area contributed by atoms with Crippen LogP contribution in [0.15, 0.2) is 60.2 Å². The van der Waals surface area contributed by atoms with Crippen molar-refractivity contribution in [2.45, 2.75) is 65.0 Å². The van der Waals surface area contributed by atoms with Gasteiger partial charge >= 0.3 is 6.09 Å². The molecule has 53 heavy (non-hydrogen) atoms. The van der Waals surface area contributed by atoms with Gasteiger partial charge in [0.1, 0.15) is 10.8 Å². The van der Waals surface area contributed by atoms with E-state index < -0.39 is 33.3 Å². The third kappa shape index (κ3) is 10.3. The van der Waals surface area contributed by atoms with Crippen molar-refractivity contribution in [3.05, 3.63) is 114 Å². The van der Waals surface area contributed by atoms with E-state index in [1.165, 1.54) is 4.90 Å². The lowest BCUT2D eigenvalue weighted by Crippen LogP contribution is -2.48. The van der Waals surface area contributed by atoms with Crippen molar-refractivity contribution in [2.75, 3.05) is 32.9 Å². The van der Waals surface area contributed by atoms with Crippen molar-refractivity contribution in [3.63, 3.8) is 0 Å². The Kier molecular flexibility index (Phi) is 13.5. The number of ether oxygens (including phenoxy) is 2. The molecule has 0 atom stereocenters. The van der Waals surface area contributed by atoms with Gasteiger partial charge in [-0.25, -0.2) is 13.6 Å². The average Bonchev–Trinajstić information content (AvgIpc) is 3.96. The highest BCUT2D eigenvalue weighted by Crippen LogP contribution is 2.44. The van der Waals surface area contributed by atoms with Crippen molar-refractivity contribution in [1.29, 1.82) is 0 Å². The Balaban J connectivity index is 1.37. The summed E-state index contributed by atoms with van der Waals surface area (Å²) in [7, 11) is 0. The lowest BCUT2D eigenvalue weighted by Gasteiger charge is -2.42. The van der Waals surface area contributed by atoms with Gasteiger partial charge < -0.3 is 24.1 Å². The van der Waals surface area contributed by atoms with Crippen LogP contribution in [-0.2, 0) is 27.3 Å². The number of hydrogen-bond donors (Lipinski definition) is 0. The summed E-state index contributed by atoms with van der Waals surface area (Å²) in [6, 6.07) is 15.0. The molecule has 10 nitrogen and oxygen atoms in total. The molecule has 0 aromatic heterocycles. The molecule has 1 aliphatic heterocycles. The van der Waals surface area contributed by atoms with Crippen molar-refractivity contribution in [1.82, 2.24) is 9.80 Å². The van der Waals surface area contributed by atoms with E-state index in [9.17, 15) is 28.5 Å². The van der Waals surface area contributed by atoms with E-state index in [-0.39, 0.29) is 57.2 Å². The second-order valence-electron chi connectivity index (χ2n) is 13.7. The fourth-order valence-electron chi connectivity index (χ4n) is 6.46. The largest absolute Gasteiger partial charge is 0.489 e. The lowest BCUT2D eigenvalue weighted by molar-refractivity contribution is -0.757. The third-order valence-corrected chi connectivity index (χ3v) is 10.3. The number of aryl methyl sites for hydroxylation is 1. The zero-order valence-corrected chi connectivity index (χ0v) is 31.6. The maximum atomic E-state index is 14.7. The van der Waals surface area contributed by atoms with Crippen LogP contribution in [0.5, 0.6) is 5.75 Å². The van der Waals surface area contributed by atoms with Crippen LogP contribution in [0.4, 0.5) is 13.6 Å². The zero-order chi connectivity index (χ0) is 38.3. The quantitative estimate of drug-likeness (QED) is 0.0615. The first-order valence-electron chi connectivity index (χ1n) is 17.3. The van der Waals surface area contributed by atoms with Crippen LogP contribution in [0, 0.1) is 27.2 Å². The van der Waals surface area contributed by atoms with E-state index in [2.05, 4.69) is 4.84 Å². The van der Waals surface area contributed by atoms with E-state index in [4.69, 9.17) is 44.3 Å². The first kappa shape index (κ1) is 40.1. The van der Waals surface area contributed by atoms with Crippen LogP contribution < -0.4 is 4.74 Å². The molecular weight excluding hydrogens is 755 g/mol. The summed E-state index contributed by atoms with van der Waals surface area (Å²) in [5.41, 5.74) is 3.07. The third-order valence-electron chi connectivity index (χ3n) is 9.11. The van der Waals surface area contributed by atoms with Crippen LogP contribution in [0.3, 0.4) is 0 Å². The number of hydrogen-bond acceptors (Lipinski definition) is 7. The molecule has 3 aromatic carbocycles. The van der Waals surface area contributed by atoms with Gasteiger partial charge in [-0.3, -0.25) is 4.79 Å². The Labute approximate surface area is 321 Å². The molecule has 1 saturated carbocycles. The zero-order valence-electron chi connectivity index (χ0n) is 29.3. The lowest BCUT2D eigenvalue weighted by atomic mass is 9.74. The maximum Gasteiger partial charge on any atom is 0.410 e. The predicted molar refractivity (Wildman–Crippen MR) is 197 cm³/mol. The molecule has 2 aliphatic rings. The Hall–Kier alpha value is -4.13. The molecule has 1 heterocycles. The van der Waals surface area contributed by atoms with Gasteiger partial charge in [0.25, 0.3) is 11.0 Å². The first-order valence-corrected chi connectivity index (χ1v) is 18.4. The Morgan fingerprint density at radius 1 is 0.943 bits per heavy atom. The smallest absolute Gasteiger partial charge is 0.410 e.